The fourth-order valence-corrected chi connectivity index (χ4v) is 0.0680. The third kappa shape index (κ3) is 153. The van der Waals surface area contributed by atoms with Crippen LogP contribution in [0.4, 0.5) is 0 Å². The Morgan fingerprint density at radius 1 is 1.78 bits per heavy atom. The zero-order chi connectivity index (χ0) is 7.70. The van der Waals surface area contributed by atoms with Gasteiger partial charge in [0.1, 0.15) is 6.29 Å². The standard InChI is InChI=1S/C3H7NO.C2H4O2/c4-2-1-3-5;1-2(3)4/h3H,1-2,4H2;1H3,(H,3,4). The lowest BCUT2D eigenvalue weighted by Gasteiger charge is -1.70. The van der Waals surface area contributed by atoms with E-state index in [2.05, 4.69) is 0 Å². The summed E-state index contributed by atoms with van der Waals surface area (Å²) in [6.07, 6.45) is 1.29. The number of hydrogen-bond acceptors (Lipinski definition) is 3. The maximum Gasteiger partial charge on any atom is 0.300 e. The van der Waals surface area contributed by atoms with Gasteiger partial charge in [0, 0.05) is 13.3 Å². The molecule has 54 valence electrons. The van der Waals surface area contributed by atoms with Crippen molar-refractivity contribution in [2.75, 3.05) is 6.54 Å². The maximum atomic E-state index is 9.32. The summed E-state index contributed by atoms with van der Waals surface area (Å²) in [5, 5.41) is 7.42. The van der Waals surface area contributed by atoms with Crippen molar-refractivity contribution in [3.63, 3.8) is 0 Å². The van der Waals surface area contributed by atoms with Crippen molar-refractivity contribution >= 4 is 12.3 Å². The molecule has 0 saturated heterocycles. The van der Waals surface area contributed by atoms with Gasteiger partial charge in [-0.1, -0.05) is 0 Å². The van der Waals surface area contributed by atoms with Crippen molar-refractivity contribution in [1.29, 1.82) is 0 Å². The van der Waals surface area contributed by atoms with Gasteiger partial charge < -0.3 is 15.6 Å². The Hall–Kier alpha value is -0.900. The molecule has 0 heterocycles. The minimum Gasteiger partial charge on any atom is -0.481 e. The SMILES string of the molecule is CC(=O)O.NCCC=O. The van der Waals surface area contributed by atoms with E-state index in [1.165, 1.54) is 0 Å². The number of hydrogen-bond donors (Lipinski definition) is 2. The molecule has 0 saturated carbocycles. The second kappa shape index (κ2) is 10.2. The zero-order valence-electron chi connectivity index (χ0n) is 5.33. The first-order valence-corrected chi connectivity index (χ1v) is 2.48. The lowest BCUT2D eigenvalue weighted by Crippen LogP contribution is -1.97. The summed E-state index contributed by atoms with van der Waals surface area (Å²) >= 11 is 0. The van der Waals surface area contributed by atoms with E-state index in [9.17, 15) is 4.79 Å². The number of carboxylic acids is 1. The molecule has 0 bridgehead atoms. The van der Waals surface area contributed by atoms with Crippen LogP contribution < -0.4 is 5.73 Å². The van der Waals surface area contributed by atoms with E-state index in [-0.39, 0.29) is 0 Å². The van der Waals surface area contributed by atoms with Crippen LogP contribution in [-0.2, 0) is 9.59 Å². The summed E-state index contributed by atoms with van der Waals surface area (Å²) in [5.74, 6) is -0.833. The molecule has 0 amide bonds. The van der Waals surface area contributed by atoms with Gasteiger partial charge in [-0.15, -0.1) is 0 Å². The summed E-state index contributed by atoms with van der Waals surface area (Å²) in [6.45, 7) is 1.56. The summed E-state index contributed by atoms with van der Waals surface area (Å²) in [6, 6.07) is 0. The molecule has 0 aliphatic heterocycles. The van der Waals surface area contributed by atoms with Crippen LogP contribution in [0.2, 0.25) is 0 Å². The molecule has 4 nitrogen and oxygen atoms in total. The van der Waals surface area contributed by atoms with Crippen molar-refractivity contribution in [2.45, 2.75) is 13.3 Å². The summed E-state index contributed by atoms with van der Waals surface area (Å²) in [5.41, 5.74) is 4.91. The Labute approximate surface area is 53.7 Å². The quantitative estimate of drug-likeness (QED) is 0.503. The van der Waals surface area contributed by atoms with Crippen LogP contribution in [0.1, 0.15) is 13.3 Å². The molecule has 3 N–H and O–H groups in total. The third-order valence-electron chi connectivity index (χ3n) is 0.285. The molecule has 0 atom stereocenters. The largest absolute Gasteiger partial charge is 0.481 e. The minimum atomic E-state index is -0.833. The highest BCUT2D eigenvalue weighted by atomic mass is 16.4. The van der Waals surface area contributed by atoms with Crippen LogP contribution in [0.3, 0.4) is 0 Å². The van der Waals surface area contributed by atoms with Crippen molar-refractivity contribution in [3.05, 3.63) is 0 Å². The van der Waals surface area contributed by atoms with Crippen LogP contribution in [-0.4, -0.2) is 23.9 Å². The van der Waals surface area contributed by atoms with Gasteiger partial charge in [0.25, 0.3) is 5.97 Å². The van der Waals surface area contributed by atoms with Gasteiger partial charge in [-0.3, -0.25) is 4.79 Å². The van der Waals surface area contributed by atoms with Crippen molar-refractivity contribution < 1.29 is 14.7 Å². The van der Waals surface area contributed by atoms with Crippen molar-refractivity contribution in [3.8, 4) is 0 Å². The van der Waals surface area contributed by atoms with Crippen LogP contribution >= 0.6 is 0 Å². The Morgan fingerprint density at radius 2 is 2.11 bits per heavy atom. The molecule has 0 radical (unpaired) electrons. The summed E-state index contributed by atoms with van der Waals surface area (Å²) in [4.78, 5) is 18.3. The molecular formula is C5H11NO3. The number of aliphatic carboxylic acids is 1. The minimum absolute atomic E-state index is 0.476. The number of carbonyl (C=O) groups is 2. The van der Waals surface area contributed by atoms with Crippen LogP contribution in [0.15, 0.2) is 0 Å². The molecule has 0 aromatic carbocycles. The predicted octanol–water partition coefficient (Wildman–Crippen LogP) is -0.375. The van der Waals surface area contributed by atoms with E-state index < -0.39 is 5.97 Å². The molecule has 0 rings (SSSR count). The number of aldehydes is 1. The van der Waals surface area contributed by atoms with E-state index in [4.69, 9.17) is 15.6 Å². The Morgan fingerprint density at radius 3 is 2.11 bits per heavy atom. The van der Waals surface area contributed by atoms with Crippen molar-refractivity contribution in [1.82, 2.24) is 0 Å². The van der Waals surface area contributed by atoms with E-state index in [0.717, 1.165) is 13.2 Å². The molecule has 0 fully saturated rings. The zero-order valence-corrected chi connectivity index (χ0v) is 5.33. The monoisotopic (exact) mass is 133 g/mol. The predicted molar refractivity (Wildman–Crippen MR) is 33.0 cm³/mol. The Bertz CT molecular complexity index is 78.3. The maximum absolute atomic E-state index is 9.32. The highest BCUT2D eigenvalue weighted by Gasteiger charge is 1.66. The molecule has 4 heteroatoms. The lowest BCUT2D eigenvalue weighted by molar-refractivity contribution is -0.134. The molecule has 0 aliphatic rings. The van der Waals surface area contributed by atoms with Crippen LogP contribution in [0.5, 0.6) is 0 Å². The van der Waals surface area contributed by atoms with Gasteiger partial charge in [-0.25, -0.2) is 0 Å². The molecular weight excluding hydrogens is 122 g/mol. The Balaban J connectivity index is 0. The third-order valence-corrected chi connectivity index (χ3v) is 0.285. The van der Waals surface area contributed by atoms with E-state index >= 15 is 0 Å². The van der Waals surface area contributed by atoms with E-state index in [0.29, 0.717) is 13.0 Å². The molecule has 0 spiro atoms. The molecule has 0 aromatic heterocycles. The first kappa shape index (κ1) is 11.0. The second-order valence-electron chi connectivity index (χ2n) is 1.26. The molecule has 9 heavy (non-hydrogen) atoms. The molecule has 0 aromatic rings. The number of carbonyl (C=O) groups excluding carboxylic acids is 1. The smallest absolute Gasteiger partial charge is 0.300 e. The highest BCUT2D eigenvalue weighted by Crippen LogP contribution is 1.54. The average Bonchev–Trinajstić information content (AvgIpc) is 1.66. The van der Waals surface area contributed by atoms with Gasteiger partial charge in [0.2, 0.25) is 0 Å². The first-order chi connectivity index (χ1) is 4.15. The van der Waals surface area contributed by atoms with Crippen molar-refractivity contribution in [2.24, 2.45) is 5.73 Å². The first-order valence-electron chi connectivity index (χ1n) is 2.48. The lowest BCUT2D eigenvalue weighted by atomic mass is 10.5. The fraction of sp³-hybridized carbons (Fsp3) is 0.600. The van der Waals surface area contributed by atoms with E-state index in [1.807, 2.05) is 0 Å². The average molecular weight is 133 g/mol. The second-order valence-corrected chi connectivity index (χ2v) is 1.26. The highest BCUT2D eigenvalue weighted by molar-refractivity contribution is 5.62. The fourth-order valence-electron chi connectivity index (χ4n) is 0.0680. The summed E-state index contributed by atoms with van der Waals surface area (Å²) < 4.78 is 0. The van der Waals surface area contributed by atoms with Gasteiger partial charge in [0.15, 0.2) is 0 Å². The summed E-state index contributed by atoms with van der Waals surface area (Å²) in [7, 11) is 0. The van der Waals surface area contributed by atoms with Gasteiger partial charge in [0.05, 0.1) is 0 Å². The van der Waals surface area contributed by atoms with E-state index in [1.54, 1.807) is 0 Å². The van der Waals surface area contributed by atoms with Crippen LogP contribution in [0, 0.1) is 0 Å². The van der Waals surface area contributed by atoms with Gasteiger partial charge in [-0.05, 0) is 6.54 Å². The number of rotatable bonds is 2. The number of nitrogens with two attached hydrogens (primary N) is 1. The van der Waals surface area contributed by atoms with Gasteiger partial charge >= 0.3 is 0 Å². The molecule has 0 aliphatic carbocycles. The Kier molecular flexibility index (Phi) is 12.4. The number of carboxylic acid groups (broad SMARTS) is 1. The van der Waals surface area contributed by atoms with Gasteiger partial charge in [-0.2, -0.15) is 0 Å². The normalized spacial score (nSPS) is 6.89. The molecule has 0 unspecified atom stereocenters. The topological polar surface area (TPSA) is 80.4 Å². The van der Waals surface area contributed by atoms with Crippen LogP contribution in [0.25, 0.3) is 0 Å².